The van der Waals surface area contributed by atoms with Gasteiger partial charge in [-0.05, 0) is 5.92 Å². The molecular formula is C9H4FNO4. The number of halogens is 1. The molecule has 1 aromatic rings. The van der Waals surface area contributed by atoms with Crippen molar-refractivity contribution in [2.24, 2.45) is 0 Å². The van der Waals surface area contributed by atoms with E-state index in [-0.39, 0.29) is 11.8 Å². The van der Waals surface area contributed by atoms with Crippen molar-refractivity contribution >= 4 is 12.0 Å². The van der Waals surface area contributed by atoms with Gasteiger partial charge in [0, 0.05) is 12.1 Å². The highest BCUT2D eigenvalue weighted by atomic mass is 19.1. The van der Waals surface area contributed by atoms with Gasteiger partial charge < -0.3 is 5.11 Å². The van der Waals surface area contributed by atoms with E-state index in [0.29, 0.717) is 6.07 Å². The summed E-state index contributed by atoms with van der Waals surface area (Å²) >= 11 is 0. The number of aldehydes is 1. The van der Waals surface area contributed by atoms with Gasteiger partial charge in [-0.15, -0.1) is 0 Å². The zero-order valence-electron chi connectivity index (χ0n) is 7.23. The van der Waals surface area contributed by atoms with E-state index in [1.54, 1.807) is 0 Å². The Labute approximate surface area is 83.3 Å². The summed E-state index contributed by atoms with van der Waals surface area (Å²) in [7, 11) is 0. The van der Waals surface area contributed by atoms with Crippen molar-refractivity contribution in [3.05, 3.63) is 33.6 Å². The molecule has 0 aliphatic heterocycles. The standard InChI is InChI=1S/C9H4FNO4/c10-7-5-9(13)8(11(14)15)4-6(7)2-1-3-12/h3-5,13H. The van der Waals surface area contributed by atoms with E-state index in [1.807, 2.05) is 5.92 Å². The van der Waals surface area contributed by atoms with E-state index < -0.39 is 22.2 Å². The molecule has 0 bridgehead atoms. The molecule has 0 aliphatic carbocycles. The largest absolute Gasteiger partial charge is 0.502 e. The molecular weight excluding hydrogens is 205 g/mol. The zero-order chi connectivity index (χ0) is 11.4. The lowest BCUT2D eigenvalue weighted by Gasteiger charge is -1.97. The number of nitro groups is 1. The fourth-order valence-electron chi connectivity index (χ4n) is 0.901. The highest BCUT2D eigenvalue weighted by Gasteiger charge is 2.16. The highest BCUT2D eigenvalue weighted by molar-refractivity contribution is 5.74. The normalized spacial score (nSPS) is 8.87. The fraction of sp³-hybridized carbons (Fsp3) is 0. The van der Waals surface area contributed by atoms with Crippen LogP contribution in [0, 0.1) is 27.8 Å². The third-order valence-electron chi connectivity index (χ3n) is 1.53. The van der Waals surface area contributed by atoms with Crippen molar-refractivity contribution in [1.29, 1.82) is 0 Å². The van der Waals surface area contributed by atoms with Crippen molar-refractivity contribution < 1.29 is 19.2 Å². The number of phenolic OH excluding ortho intramolecular Hbond substituents is 1. The summed E-state index contributed by atoms with van der Waals surface area (Å²) in [5.41, 5.74) is -0.974. The van der Waals surface area contributed by atoms with Gasteiger partial charge in [-0.25, -0.2) is 4.39 Å². The number of rotatable bonds is 1. The predicted molar refractivity (Wildman–Crippen MR) is 47.7 cm³/mol. The molecule has 0 aromatic heterocycles. The minimum Gasteiger partial charge on any atom is -0.502 e. The van der Waals surface area contributed by atoms with E-state index in [4.69, 9.17) is 5.11 Å². The molecule has 0 atom stereocenters. The van der Waals surface area contributed by atoms with E-state index in [1.165, 1.54) is 0 Å². The number of aromatic hydroxyl groups is 1. The second-order valence-electron chi connectivity index (χ2n) is 2.47. The maximum Gasteiger partial charge on any atom is 0.312 e. The summed E-state index contributed by atoms with van der Waals surface area (Å²) in [4.78, 5) is 19.4. The van der Waals surface area contributed by atoms with Crippen molar-refractivity contribution in [3.8, 4) is 17.6 Å². The maximum absolute atomic E-state index is 13.0. The quantitative estimate of drug-likeness (QED) is 0.323. The van der Waals surface area contributed by atoms with Gasteiger partial charge in [-0.3, -0.25) is 14.9 Å². The maximum atomic E-state index is 13.0. The van der Waals surface area contributed by atoms with Gasteiger partial charge in [0.2, 0.25) is 0 Å². The second-order valence-corrected chi connectivity index (χ2v) is 2.47. The first-order valence-corrected chi connectivity index (χ1v) is 3.68. The van der Waals surface area contributed by atoms with Crippen molar-refractivity contribution in [2.75, 3.05) is 0 Å². The number of phenols is 1. The Kier molecular flexibility index (Phi) is 2.98. The summed E-state index contributed by atoms with van der Waals surface area (Å²) < 4.78 is 13.0. The number of hydrogen-bond acceptors (Lipinski definition) is 4. The molecule has 0 spiro atoms. The molecule has 6 heteroatoms. The molecule has 0 heterocycles. The summed E-state index contributed by atoms with van der Waals surface area (Å²) in [5.74, 6) is 2.29. The summed E-state index contributed by atoms with van der Waals surface area (Å²) in [6.45, 7) is 0. The average molecular weight is 209 g/mol. The van der Waals surface area contributed by atoms with Crippen LogP contribution in [0.4, 0.5) is 10.1 Å². The highest BCUT2D eigenvalue weighted by Crippen LogP contribution is 2.28. The number of hydrogen-bond donors (Lipinski definition) is 1. The Morgan fingerprint density at radius 2 is 2.20 bits per heavy atom. The Morgan fingerprint density at radius 1 is 1.53 bits per heavy atom. The second kappa shape index (κ2) is 4.19. The van der Waals surface area contributed by atoms with E-state index in [9.17, 15) is 19.3 Å². The molecule has 0 unspecified atom stereocenters. The molecule has 1 rings (SSSR count). The first-order valence-electron chi connectivity index (χ1n) is 3.68. The average Bonchev–Trinajstić information content (AvgIpc) is 2.16. The minimum atomic E-state index is -0.924. The zero-order valence-corrected chi connectivity index (χ0v) is 7.23. The molecule has 1 N–H and O–H groups in total. The van der Waals surface area contributed by atoms with Crippen LogP contribution >= 0.6 is 0 Å². The molecule has 0 saturated carbocycles. The summed E-state index contributed by atoms with van der Waals surface area (Å²) in [6, 6.07) is 1.34. The Balaban J connectivity index is 3.35. The van der Waals surface area contributed by atoms with Gasteiger partial charge in [0.25, 0.3) is 0 Å². The van der Waals surface area contributed by atoms with Crippen LogP contribution < -0.4 is 0 Å². The Bertz CT molecular complexity index is 487. The molecule has 1 aromatic carbocycles. The molecule has 15 heavy (non-hydrogen) atoms. The number of carbonyl (C=O) groups excluding carboxylic acids is 1. The first-order chi connectivity index (χ1) is 7.06. The van der Waals surface area contributed by atoms with Crippen LogP contribution in [0.2, 0.25) is 0 Å². The van der Waals surface area contributed by atoms with Gasteiger partial charge in [-0.2, -0.15) is 0 Å². The van der Waals surface area contributed by atoms with Crippen molar-refractivity contribution in [1.82, 2.24) is 0 Å². The third-order valence-corrected chi connectivity index (χ3v) is 1.53. The van der Waals surface area contributed by atoms with Gasteiger partial charge >= 0.3 is 5.69 Å². The molecule has 0 aliphatic rings. The minimum absolute atomic E-state index is 0.234. The van der Waals surface area contributed by atoms with E-state index in [2.05, 4.69) is 5.92 Å². The number of carbonyl (C=O) groups is 1. The van der Waals surface area contributed by atoms with Gasteiger partial charge in [0.1, 0.15) is 5.82 Å². The summed E-state index contributed by atoms with van der Waals surface area (Å²) in [6.07, 6.45) is 0.234. The van der Waals surface area contributed by atoms with Gasteiger partial charge in [0.15, 0.2) is 12.0 Å². The molecule has 0 amide bonds. The van der Waals surface area contributed by atoms with Crippen LogP contribution in [-0.2, 0) is 4.79 Å². The van der Waals surface area contributed by atoms with Crippen LogP contribution in [0.1, 0.15) is 5.56 Å². The van der Waals surface area contributed by atoms with Crippen LogP contribution in [0.25, 0.3) is 0 Å². The Hall–Kier alpha value is -2.42. The van der Waals surface area contributed by atoms with Gasteiger partial charge in [-0.1, -0.05) is 5.92 Å². The van der Waals surface area contributed by atoms with Crippen LogP contribution in [0.5, 0.6) is 5.75 Å². The lowest BCUT2D eigenvalue weighted by Crippen LogP contribution is -1.92. The van der Waals surface area contributed by atoms with Crippen LogP contribution in [0.15, 0.2) is 12.1 Å². The Morgan fingerprint density at radius 3 is 2.73 bits per heavy atom. The lowest BCUT2D eigenvalue weighted by molar-refractivity contribution is -0.385. The SMILES string of the molecule is O=CC#Cc1cc([N+](=O)[O-])c(O)cc1F. The van der Waals surface area contributed by atoms with Crippen LogP contribution in [-0.4, -0.2) is 16.3 Å². The van der Waals surface area contributed by atoms with Crippen molar-refractivity contribution in [3.63, 3.8) is 0 Å². The summed E-state index contributed by atoms with van der Waals surface area (Å²) in [5, 5.41) is 19.4. The topological polar surface area (TPSA) is 80.4 Å². The number of benzene rings is 1. The predicted octanol–water partition coefficient (Wildman–Crippen LogP) is 0.990. The number of nitro benzene ring substituents is 1. The lowest BCUT2D eigenvalue weighted by atomic mass is 10.2. The monoisotopic (exact) mass is 209 g/mol. The smallest absolute Gasteiger partial charge is 0.312 e. The van der Waals surface area contributed by atoms with Gasteiger partial charge in [0.05, 0.1) is 10.5 Å². The third kappa shape index (κ3) is 2.28. The fourth-order valence-corrected chi connectivity index (χ4v) is 0.901. The molecule has 0 radical (unpaired) electrons. The molecule has 76 valence electrons. The number of nitrogens with zero attached hydrogens (tertiary/aromatic N) is 1. The van der Waals surface area contributed by atoms with Crippen LogP contribution in [0.3, 0.4) is 0 Å². The molecule has 0 fully saturated rings. The molecule has 0 saturated heterocycles. The van der Waals surface area contributed by atoms with Crippen molar-refractivity contribution in [2.45, 2.75) is 0 Å². The van der Waals surface area contributed by atoms with E-state index >= 15 is 0 Å². The molecule has 5 nitrogen and oxygen atoms in total. The van der Waals surface area contributed by atoms with E-state index in [0.717, 1.165) is 6.07 Å². The first kappa shape index (κ1) is 10.7.